The Kier molecular flexibility index (Phi) is 4.59. The molecule has 25 heavy (non-hydrogen) atoms. The lowest BCUT2D eigenvalue weighted by Gasteiger charge is -2.25. The summed E-state index contributed by atoms with van der Waals surface area (Å²) in [5.74, 6) is -0.270. The molecule has 7 nitrogen and oxygen atoms in total. The summed E-state index contributed by atoms with van der Waals surface area (Å²) in [4.78, 5) is 26.9. The predicted octanol–water partition coefficient (Wildman–Crippen LogP) is 2.55. The van der Waals surface area contributed by atoms with E-state index >= 15 is 0 Å². The van der Waals surface area contributed by atoms with Gasteiger partial charge in [0.1, 0.15) is 16.8 Å². The highest BCUT2D eigenvalue weighted by Gasteiger charge is 2.27. The van der Waals surface area contributed by atoms with E-state index in [-0.39, 0.29) is 17.9 Å². The summed E-state index contributed by atoms with van der Waals surface area (Å²) in [5.41, 5.74) is 1.90. The van der Waals surface area contributed by atoms with E-state index in [1.165, 1.54) is 11.3 Å². The van der Waals surface area contributed by atoms with E-state index in [1.807, 2.05) is 13.8 Å². The Morgan fingerprint density at radius 2 is 2.20 bits per heavy atom. The Labute approximate surface area is 149 Å². The molecule has 1 aliphatic rings. The van der Waals surface area contributed by atoms with E-state index in [4.69, 9.17) is 0 Å². The van der Waals surface area contributed by atoms with E-state index in [0.29, 0.717) is 35.8 Å². The number of carbonyl (C=O) groups is 2. The molecular formula is C17H19N5O2S. The van der Waals surface area contributed by atoms with Crippen LogP contribution in [-0.4, -0.2) is 33.0 Å². The van der Waals surface area contributed by atoms with Crippen LogP contribution in [-0.2, 0) is 17.8 Å². The second-order valence-electron chi connectivity index (χ2n) is 6.22. The molecule has 2 amide bonds. The maximum Gasteiger partial charge on any atom is 0.274 e. The Bertz CT molecular complexity index is 874. The highest BCUT2D eigenvalue weighted by atomic mass is 32.1. The standard InChI is InChI=1S/C17H19N5O2S/c1-10(2)22-14(4-6-19-22)16(24)20-17-13(8-18)12-5-7-21(11(3)23)9-15(12)25-17/h4,6,10H,5,7,9H2,1-3H3,(H,20,24). The molecule has 3 rings (SSSR count). The molecule has 0 saturated heterocycles. The number of fused-ring (bicyclic) bond motifs is 1. The number of hydrogen-bond acceptors (Lipinski definition) is 5. The van der Waals surface area contributed by atoms with Crippen LogP contribution in [0.25, 0.3) is 0 Å². The molecule has 0 aromatic carbocycles. The van der Waals surface area contributed by atoms with Gasteiger partial charge in [-0.1, -0.05) is 0 Å². The van der Waals surface area contributed by atoms with Gasteiger partial charge >= 0.3 is 0 Å². The molecule has 8 heteroatoms. The molecule has 0 unspecified atom stereocenters. The van der Waals surface area contributed by atoms with Gasteiger partial charge in [0.25, 0.3) is 5.91 Å². The average molecular weight is 357 g/mol. The van der Waals surface area contributed by atoms with Gasteiger partial charge in [-0.2, -0.15) is 10.4 Å². The number of rotatable bonds is 3. The van der Waals surface area contributed by atoms with Crippen LogP contribution >= 0.6 is 11.3 Å². The fraction of sp³-hybridized carbons (Fsp3) is 0.412. The monoisotopic (exact) mass is 357 g/mol. The van der Waals surface area contributed by atoms with Crippen LogP contribution in [0.1, 0.15) is 53.3 Å². The summed E-state index contributed by atoms with van der Waals surface area (Å²) < 4.78 is 1.65. The van der Waals surface area contributed by atoms with Crippen molar-refractivity contribution in [3.8, 4) is 6.07 Å². The SMILES string of the molecule is CC(=O)N1CCc2c(sc(NC(=O)c3ccnn3C(C)C)c2C#N)C1. The number of carbonyl (C=O) groups excluding carboxylic acids is 2. The summed E-state index contributed by atoms with van der Waals surface area (Å²) in [5, 5.41) is 17.1. The van der Waals surface area contributed by atoms with Crippen LogP contribution in [0, 0.1) is 11.3 Å². The Morgan fingerprint density at radius 1 is 1.44 bits per heavy atom. The van der Waals surface area contributed by atoms with Gasteiger partial charge in [-0.05, 0) is 31.9 Å². The van der Waals surface area contributed by atoms with E-state index in [1.54, 1.807) is 28.8 Å². The third-order valence-corrected chi connectivity index (χ3v) is 5.37. The van der Waals surface area contributed by atoms with Crippen LogP contribution in [0.15, 0.2) is 12.3 Å². The molecule has 130 valence electrons. The number of thiophene rings is 1. The lowest BCUT2D eigenvalue weighted by Crippen LogP contribution is -2.33. The molecule has 0 fully saturated rings. The van der Waals surface area contributed by atoms with Crippen molar-refractivity contribution >= 4 is 28.2 Å². The quantitative estimate of drug-likeness (QED) is 0.914. The Morgan fingerprint density at radius 3 is 2.84 bits per heavy atom. The van der Waals surface area contributed by atoms with Crippen molar-refractivity contribution in [1.29, 1.82) is 5.26 Å². The minimum absolute atomic E-state index is 0.0176. The topological polar surface area (TPSA) is 91.0 Å². The van der Waals surface area contributed by atoms with Crippen LogP contribution < -0.4 is 5.32 Å². The third kappa shape index (κ3) is 3.15. The number of amides is 2. The molecule has 0 spiro atoms. The smallest absolute Gasteiger partial charge is 0.274 e. The van der Waals surface area contributed by atoms with Crippen molar-refractivity contribution in [2.24, 2.45) is 0 Å². The minimum Gasteiger partial charge on any atom is -0.337 e. The van der Waals surface area contributed by atoms with Crippen LogP contribution in [0.4, 0.5) is 5.00 Å². The fourth-order valence-corrected chi connectivity index (χ4v) is 4.16. The van der Waals surface area contributed by atoms with Crippen molar-refractivity contribution in [2.75, 3.05) is 11.9 Å². The fourth-order valence-electron chi connectivity index (χ4n) is 2.95. The minimum atomic E-state index is -0.287. The van der Waals surface area contributed by atoms with Crippen molar-refractivity contribution in [1.82, 2.24) is 14.7 Å². The molecule has 1 aliphatic heterocycles. The summed E-state index contributed by atoms with van der Waals surface area (Å²) >= 11 is 1.37. The molecule has 0 saturated carbocycles. The second-order valence-corrected chi connectivity index (χ2v) is 7.32. The predicted molar refractivity (Wildman–Crippen MR) is 94.4 cm³/mol. The molecule has 2 aromatic heterocycles. The Hall–Kier alpha value is -2.66. The third-order valence-electron chi connectivity index (χ3n) is 4.23. The summed E-state index contributed by atoms with van der Waals surface area (Å²) in [6, 6.07) is 3.93. The number of anilines is 1. The molecule has 1 N–H and O–H groups in total. The van der Waals surface area contributed by atoms with Crippen molar-refractivity contribution in [2.45, 2.75) is 39.8 Å². The number of aromatic nitrogens is 2. The van der Waals surface area contributed by atoms with Crippen LogP contribution in [0.3, 0.4) is 0 Å². The summed E-state index contributed by atoms with van der Waals surface area (Å²) in [7, 11) is 0. The summed E-state index contributed by atoms with van der Waals surface area (Å²) in [6.07, 6.45) is 2.22. The maximum atomic E-state index is 12.6. The van der Waals surface area contributed by atoms with E-state index < -0.39 is 0 Å². The molecule has 3 heterocycles. The molecule has 2 aromatic rings. The zero-order chi connectivity index (χ0) is 18.1. The molecule has 0 atom stereocenters. The van der Waals surface area contributed by atoms with Gasteiger partial charge in [-0.25, -0.2) is 0 Å². The van der Waals surface area contributed by atoms with Crippen molar-refractivity contribution in [3.05, 3.63) is 34.0 Å². The number of nitrogens with one attached hydrogen (secondary N) is 1. The normalized spacial score (nSPS) is 13.5. The van der Waals surface area contributed by atoms with Gasteiger partial charge in [-0.3, -0.25) is 14.3 Å². The zero-order valence-corrected chi connectivity index (χ0v) is 15.2. The lowest BCUT2D eigenvalue weighted by atomic mass is 10.0. The first-order valence-corrected chi connectivity index (χ1v) is 8.89. The van der Waals surface area contributed by atoms with Gasteiger partial charge in [0, 0.05) is 30.6 Å². The summed E-state index contributed by atoms with van der Waals surface area (Å²) in [6.45, 7) is 6.53. The zero-order valence-electron chi connectivity index (χ0n) is 14.4. The highest BCUT2D eigenvalue weighted by molar-refractivity contribution is 7.16. The van der Waals surface area contributed by atoms with Gasteiger partial charge in [0.15, 0.2) is 0 Å². The number of nitrogens with zero attached hydrogens (tertiary/aromatic N) is 4. The molecular weight excluding hydrogens is 338 g/mol. The van der Waals surface area contributed by atoms with Gasteiger partial charge in [-0.15, -0.1) is 11.3 Å². The van der Waals surface area contributed by atoms with Crippen molar-refractivity contribution < 1.29 is 9.59 Å². The van der Waals surface area contributed by atoms with Gasteiger partial charge in [0.2, 0.25) is 5.91 Å². The van der Waals surface area contributed by atoms with Crippen molar-refractivity contribution in [3.63, 3.8) is 0 Å². The van der Waals surface area contributed by atoms with Gasteiger partial charge in [0.05, 0.1) is 12.1 Å². The van der Waals surface area contributed by atoms with E-state index in [9.17, 15) is 14.9 Å². The average Bonchev–Trinajstić information content (AvgIpc) is 3.18. The first-order valence-electron chi connectivity index (χ1n) is 8.07. The molecule has 0 bridgehead atoms. The molecule has 0 radical (unpaired) electrons. The maximum absolute atomic E-state index is 12.6. The molecule has 0 aliphatic carbocycles. The van der Waals surface area contributed by atoms with E-state index in [0.717, 1.165) is 10.4 Å². The van der Waals surface area contributed by atoms with E-state index in [2.05, 4.69) is 16.5 Å². The van der Waals surface area contributed by atoms with Crippen LogP contribution in [0.2, 0.25) is 0 Å². The number of hydrogen-bond donors (Lipinski definition) is 1. The first kappa shape index (κ1) is 17.2. The van der Waals surface area contributed by atoms with Gasteiger partial charge < -0.3 is 10.2 Å². The lowest BCUT2D eigenvalue weighted by molar-refractivity contribution is -0.129. The van der Waals surface area contributed by atoms with Crippen LogP contribution in [0.5, 0.6) is 0 Å². The largest absolute Gasteiger partial charge is 0.337 e. The number of nitriles is 1. The highest BCUT2D eigenvalue weighted by Crippen LogP contribution is 2.36. The first-order chi connectivity index (χ1) is 11.9. The Balaban J connectivity index is 1.89. The second kappa shape index (κ2) is 6.69.